The molecule has 0 aromatic heterocycles. The van der Waals surface area contributed by atoms with Crippen molar-refractivity contribution in [3.63, 3.8) is 0 Å². The van der Waals surface area contributed by atoms with E-state index in [2.05, 4.69) is 0 Å². The van der Waals surface area contributed by atoms with Gasteiger partial charge in [0.1, 0.15) is 12.4 Å². The molecular formula is C14H22O6. The number of benzene rings is 1. The van der Waals surface area contributed by atoms with Crippen LogP contribution in [0.15, 0.2) is 30.3 Å². The molecule has 0 saturated heterocycles. The molecule has 6 nitrogen and oxygen atoms in total. The maximum atomic E-state index is 9.57. The van der Waals surface area contributed by atoms with Crippen LogP contribution in [0.25, 0.3) is 0 Å². The molecule has 1 atom stereocenters. The Kier molecular flexibility index (Phi) is 9.81. The predicted molar refractivity (Wildman–Crippen MR) is 72.6 cm³/mol. The van der Waals surface area contributed by atoms with Crippen molar-refractivity contribution in [2.24, 2.45) is 0 Å². The summed E-state index contributed by atoms with van der Waals surface area (Å²) < 4.78 is 20.7. The molecule has 0 aliphatic heterocycles. The van der Waals surface area contributed by atoms with Crippen molar-refractivity contribution in [3.05, 3.63) is 30.3 Å². The lowest BCUT2D eigenvalue weighted by Gasteiger charge is -2.13. The number of aliphatic hydroxyl groups excluding tert-OH is 2. The third kappa shape index (κ3) is 8.84. The van der Waals surface area contributed by atoms with Crippen molar-refractivity contribution in [2.75, 3.05) is 46.2 Å². The van der Waals surface area contributed by atoms with Gasteiger partial charge in [0.05, 0.1) is 39.6 Å². The Morgan fingerprint density at radius 2 is 1.45 bits per heavy atom. The van der Waals surface area contributed by atoms with Crippen LogP contribution < -0.4 is 4.74 Å². The molecule has 1 unspecified atom stereocenters. The van der Waals surface area contributed by atoms with Crippen molar-refractivity contribution in [1.29, 1.82) is 0 Å². The summed E-state index contributed by atoms with van der Waals surface area (Å²) >= 11 is 0. The zero-order valence-corrected chi connectivity index (χ0v) is 11.4. The summed E-state index contributed by atoms with van der Waals surface area (Å²) in [5, 5.41) is 18.0. The first-order valence-electron chi connectivity index (χ1n) is 6.57. The van der Waals surface area contributed by atoms with Crippen molar-refractivity contribution in [1.82, 2.24) is 0 Å². The fraction of sp³-hybridized carbons (Fsp3) is 0.571. The highest BCUT2D eigenvalue weighted by Gasteiger charge is 2.05. The second-order valence-corrected chi connectivity index (χ2v) is 3.91. The fourth-order valence-corrected chi connectivity index (χ4v) is 1.38. The van der Waals surface area contributed by atoms with Crippen LogP contribution in [0.1, 0.15) is 0 Å². The Labute approximate surface area is 118 Å². The first kappa shape index (κ1) is 16.9. The Hall–Kier alpha value is -1.18. The Balaban J connectivity index is 1.91. The molecule has 114 valence electrons. The second-order valence-electron chi connectivity index (χ2n) is 3.91. The second kappa shape index (κ2) is 11.6. The minimum Gasteiger partial charge on any atom is -0.463 e. The third-order valence-corrected chi connectivity index (χ3v) is 2.26. The van der Waals surface area contributed by atoms with E-state index >= 15 is 0 Å². The summed E-state index contributed by atoms with van der Waals surface area (Å²) in [5.74, 6) is 0.598. The zero-order valence-electron chi connectivity index (χ0n) is 11.4. The van der Waals surface area contributed by atoms with Gasteiger partial charge in [-0.3, -0.25) is 0 Å². The first-order chi connectivity index (χ1) is 9.83. The highest BCUT2D eigenvalue weighted by atomic mass is 16.6. The lowest BCUT2D eigenvalue weighted by atomic mass is 10.3. The minimum absolute atomic E-state index is 0.0163. The largest absolute Gasteiger partial charge is 0.463 e. The molecule has 0 radical (unpaired) electrons. The molecule has 1 rings (SSSR count). The Morgan fingerprint density at radius 3 is 2.10 bits per heavy atom. The van der Waals surface area contributed by atoms with E-state index < -0.39 is 6.29 Å². The molecule has 0 amide bonds. The van der Waals surface area contributed by atoms with Crippen LogP contribution in [0.2, 0.25) is 0 Å². The molecule has 1 aromatic carbocycles. The summed E-state index contributed by atoms with van der Waals surface area (Å²) in [6.07, 6.45) is -0.995. The lowest BCUT2D eigenvalue weighted by molar-refractivity contribution is -0.0857. The van der Waals surface area contributed by atoms with Gasteiger partial charge in [0.25, 0.3) is 0 Å². The monoisotopic (exact) mass is 286 g/mol. The average molecular weight is 286 g/mol. The summed E-state index contributed by atoms with van der Waals surface area (Å²) in [5.41, 5.74) is 0. The maximum absolute atomic E-state index is 9.57. The van der Waals surface area contributed by atoms with Gasteiger partial charge in [-0.2, -0.15) is 0 Å². The highest BCUT2D eigenvalue weighted by molar-refractivity contribution is 5.20. The van der Waals surface area contributed by atoms with Crippen LogP contribution in [0.3, 0.4) is 0 Å². The number of hydrogen-bond acceptors (Lipinski definition) is 6. The Morgan fingerprint density at radius 1 is 0.850 bits per heavy atom. The topological polar surface area (TPSA) is 77.4 Å². The molecule has 0 fully saturated rings. The summed E-state index contributed by atoms with van der Waals surface area (Å²) in [6, 6.07) is 9.06. The van der Waals surface area contributed by atoms with E-state index in [0.717, 1.165) is 0 Å². The van der Waals surface area contributed by atoms with E-state index in [0.29, 0.717) is 38.8 Å². The van der Waals surface area contributed by atoms with Gasteiger partial charge >= 0.3 is 0 Å². The van der Waals surface area contributed by atoms with Gasteiger partial charge in [0.2, 0.25) is 6.29 Å². The standard InChI is InChI=1S/C14H22O6/c15-6-7-17-8-9-18-10-11-19-12-14(16)20-13-4-2-1-3-5-13/h1-5,14-16H,6-12H2. The number of ether oxygens (including phenoxy) is 4. The molecule has 0 heterocycles. The SMILES string of the molecule is OCCOCCOCCOCC(O)Oc1ccccc1. The lowest BCUT2D eigenvalue weighted by Crippen LogP contribution is -2.23. The van der Waals surface area contributed by atoms with Crippen molar-refractivity contribution in [3.8, 4) is 5.75 Å². The molecule has 0 saturated carbocycles. The van der Waals surface area contributed by atoms with E-state index in [4.69, 9.17) is 24.1 Å². The van der Waals surface area contributed by atoms with Crippen LogP contribution in [-0.2, 0) is 14.2 Å². The van der Waals surface area contributed by atoms with Gasteiger partial charge in [0.15, 0.2) is 0 Å². The van der Waals surface area contributed by atoms with Crippen LogP contribution in [0, 0.1) is 0 Å². The summed E-state index contributed by atoms with van der Waals surface area (Å²) in [7, 11) is 0. The molecule has 1 aromatic rings. The van der Waals surface area contributed by atoms with Crippen LogP contribution >= 0.6 is 0 Å². The van der Waals surface area contributed by atoms with Gasteiger partial charge in [-0.15, -0.1) is 0 Å². The third-order valence-electron chi connectivity index (χ3n) is 2.26. The van der Waals surface area contributed by atoms with Crippen LogP contribution in [-0.4, -0.2) is 62.8 Å². The number of rotatable bonds is 12. The van der Waals surface area contributed by atoms with E-state index in [1.807, 2.05) is 18.2 Å². The van der Waals surface area contributed by atoms with Crippen LogP contribution in [0.4, 0.5) is 0 Å². The molecule has 0 bridgehead atoms. The minimum atomic E-state index is -0.995. The Bertz CT molecular complexity index is 319. The van der Waals surface area contributed by atoms with Crippen molar-refractivity contribution >= 4 is 0 Å². The van der Waals surface area contributed by atoms with Crippen molar-refractivity contribution < 1.29 is 29.2 Å². The molecular weight excluding hydrogens is 264 g/mol. The normalized spacial score (nSPS) is 12.3. The average Bonchev–Trinajstić information content (AvgIpc) is 2.46. The van der Waals surface area contributed by atoms with Crippen LogP contribution in [0.5, 0.6) is 5.75 Å². The van der Waals surface area contributed by atoms with E-state index in [1.165, 1.54) is 0 Å². The van der Waals surface area contributed by atoms with Gasteiger partial charge in [-0.05, 0) is 12.1 Å². The molecule has 6 heteroatoms. The molecule has 20 heavy (non-hydrogen) atoms. The van der Waals surface area contributed by atoms with E-state index in [1.54, 1.807) is 12.1 Å². The molecule has 0 spiro atoms. The predicted octanol–water partition coefficient (Wildman–Crippen LogP) is 0.426. The fourth-order valence-electron chi connectivity index (χ4n) is 1.38. The smallest absolute Gasteiger partial charge is 0.221 e. The van der Waals surface area contributed by atoms with Crippen molar-refractivity contribution in [2.45, 2.75) is 6.29 Å². The first-order valence-corrected chi connectivity index (χ1v) is 6.57. The molecule has 2 N–H and O–H groups in total. The maximum Gasteiger partial charge on any atom is 0.221 e. The van der Waals surface area contributed by atoms with Gasteiger partial charge < -0.3 is 29.2 Å². The number of aliphatic hydroxyl groups is 2. The van der Waals surface area contributed by atoms with Gasteiger partial charge in [0, 0.05) is 0 Å². The summed E-state index contributed by atoms with van der Waals surface area (Å²) in [6.45, 7) is 2.10. The molecule has 0 aliphatic carbocycles. The van der Waals surface area contributed by atoms with E-state index in [9.17, 15) is 5.11 Å². The number of para-hydroxylation sites is 1. The van der Waals surface area contributed by atoms with Gasteiger partial charge in [-0.25, -0.2) is 0 Å². The number of hydrogen-bond donors (Lipinski definition) is 2. The quantitative estimate of drug-likeness (QED) is 0.428. The summed E-state index contributed by atoms with van der Waals surface area (Å²) in [4.78, 5) is 0. The molecule has 0 aliphatic rings. The zero-order chi connectivity index (χ0) is 14.5. The van der Waals surface area contributed by atoms with E-state index in [-0.39, 0.29) is 13.2 Å². The van der Waals surface area contributed by atoms with Gasteiger partial charge in [-0.1, -0.05) is 18.2 Å². The highest BCUT2D eigenvalue weighted by Crippen LogP contribution is 2.09.